The zero-order chi connectivity index (χ0) is 11.0. The van der Waals surface area contributed by atoms with E-state index in [1.807, 2.05) is 0 Å². The third-order valence-electron chi connectivity index (χ3n) is 5.88. The molecule has 4 aliphatic heterocycles. The van der Waals surface area contributed by atoms with Gasteiger partial charge < -0.3 is 8.97 Å². The van der Waals surface area contributed by atoms with E-state index in [1.165, 1.54) is 61.3 Å². The van der Waals surface area contributed by atoms with Crippen LogP contribution in [0.3, 0.4) is 0 Å². The fourth-order valence-corrected chi connectivity index (χ4v) is 4.74. The molecule has 4 rings (SSSR count). The van der Waals surface area contributed by atoms with Crippen LogP contribution in [0.5, 0.6) is 0 Å². The molecule has 4 fully saturated rings. The third kappa shape index (κ3) is 0.997. The van der Waals surface area contributed by atoms with Crippen LogP contribution < -0.4 is 0 Å². The minimum atomic E-state index is 0.801. The van der Waals surface area contributed by atoms with Crippen LogP contribution in [0, 0.1) is 0 Å². The Labute approximate surface area is 98.2 Å². The number of piperazine rings is 2. The average molecular weight is 224 g/mol. The SMILES string of the molecule is C[N+]12CCN3CC[N+]4(C)CCN(CC1)C4C32. The molecule has 0 saturated carbocycles. The van der Waals surface area contributed by atoms with Gasteiger partial charge in [-0.2, -0.15) is 0 Å². The molecule has 0 N–H and O–H groups in total. The maximum atomic E-state index is 2.78. The van der Waals surface area contributed by atoms with Crippen LogP contribution >= 0.6 is 0 Å². The van der Waals surface area contributed by atoms with Gasteiger partial charge in [0.2, 0.25) is 12.3 Å². The second-order valence-corrected chi connectivity index (χ2v) is 6.75. The van der Waals surface area contributed by atoms with Crippen LogP contribution in [0.4, 0.5) is 0 Å². The molecule has 0 amide bonds. The van der Waals surface area contributed by atoms with Crippen LogP contribution in [0.15, 0.2) is 0 Å². The lowest BCUT2D eigenvalue weighted by Gasteiger charge is -2.54. The molecule has 16 heavy (non-hydrogen) atoms. The van der Waals surface area contributed by atoms with Crippen molar-refractivity contribution in [1.29, 1.82) is 0 Å². The molecule has 0 spiro atoms. The lowest BCUT2D eigenvalue weighted by atomic mass is 10.1. The summed E-state index contributed by atoms with van der Waals surface area (Å²) < 4.78 is 2.66. The lowest BCUT2D eigenvalue weighted by molar-refractivity contribution is -1.01. The van der Waals surface area contributed by atoms with Gasteiger partial charge in [0.25, 0.3) is 0 Å². The van der Waals surface area contributed by atoms with Gasteiger partial charge in [-0.3, -0.25) is 0 Å². The minimum absolute atomic E-state index is 0.801. The Morgan fingerprint density at radius 3 is 1.31 bits per heavy atom. The first-order chi connectivity index (χ1) is 7.62. The Kier molecular flexibility index (Phi) is 1.72. The molecule has 0 bridgehead atoms. The highest BCUT2D eigenvalue weighted by atomic mass is 15.7. The van der Waals surface area contributed by atoms with Crippen LogP contribution in [-0.2, 0) is 0 Å². The fourth-order valence-electron chi connectivity index (χ4n) is 4.74. The van der Waals surface area contributed by atoms with E-state index in [0.29, 0.717) is 0 Å². The molecule has 0 aliphatic carbocycles. The molecule has 2 atom stereocenters. The van der Waals surface area contributed by atoms with Gasteiger partial charge in [0.15, 0.2) is 0 Å². The van der Waals surface area contributed by atoms with Crippen molar-refractivity contribution in [1.82, 2.24) is 9.80 Å². The summed E-state index contributed by atoms with van der Waals surface area (Å²) in [5.41, 5.74) is 0. The van der Waals surface area contributed by atoms with Crippen LogP contribution in [0.2, 0.25) is 0 Å². The molecule has 0 radical (unpaired) electrons. The summed E-state index contributed by atoms with van der Waals surface area (Å²) >= 11 is 0. The van der Waals surface area contributed by atoms with Crippen LogP contribution in [-0.4, -0.2) is 97.6 Å². The van der Waals surface area contributed by atoms with Crippen molar-refractivity contribution >= 4 is 0 Å². The highest BCUT2D eigenvalue weighted by molar-refractivity contribution is 4.90. The highest BCUT2D eigenvalue weighted by Crippen LogP contribution is 2.40. The number of hydrogen-bond donors (Lipinski definition) is 0. The van der Waals surface area contributed by atoms with Gasteiger partial charge in [0.1, 0.15) is 0 Å². The first-order valence-electron chi connectivity index (χ1n) is 6.79. The van der Waals surface area contributed by atoms with E-state index in [-0.39, 0.29) is 0 Å². The van der Waals surface area contributed by atoms with Crippen LogP contribution in [0.25, 0.3) is 0 Å². The number of nitrogens with zero attached hydrogens (tertiary/aromatic N) is 4. The molecule has 4 saturated heterocycles. The van der Waals surface area contributed by atoms with Gasteiger partial charge in [-0.25, -0.2) is 9.80 Å². The number of likely N-dealkylation sites (N-methyl/N-ethyl adjacent to an activating group) is 2. The summed E-state index contributed by atoms with van der Waals surface area (Å²) in [7, 11) is 4.99. The fraction of sp³-hybridized carbons (Fsp3) is 1.00. The van der Waals surface area contributed by atoms with E-state index in [2.05, 4.69) is 23.9 Å². The molecular formula is C12H24N4+2. The first-order valence-corrected chi connectivity index (χ1v) is 6.79. The summed E-state index contributed by atoms with van der Waals surface area (Å²) in [6, 6.07) is 0. The summed E-state index contributed by atoms with van der Waals surface area (Å²) in [5, 5.41) is 0. The predicted molar refractivity (Wildman–Crippen MR) is 62.6 cm³/mol. The predicted octanol–water partition coefficient (Wildman–Crippen LogP) is -0.810. The van der Waals surface area contributed by atoms with E-state index in [4.69, 9.17) is 0 Å². The Morgan fingerprint density at radius 2 is 1.00 bits per heavy atom. The number of hydrogen-bond acceptors (Lipinski definition) is 2. The molecule has 0 aromatic rings. The molecule has 0 aromatic heterocycles. The van der Waals surface area contributed by atoms with Gasteiger partial charge in [-0.05, 0) is 0 Å². The van der Waals surface area contributed by atoms with Crippen molar-refractivity contribution in [3.8, 4) is 0 Å². The van der Waals surface area contributed by atoms with Gasteiger partial charge in [0, 0.05) is 0 Å². The topological polar surface area (TPSA) is 6.48 Å². The summed E-state index contributed by atoms with van der Waals surface area (Å²) in [4.78, 5) is 5.56. The quantitative estimate of drug-likeness (QED) is 0.497. The van der Waals surface area contributed by atoms with Crippen molar-refractivity contribution in [2.24, 2.45) is 0 Å². The number of quaternary nitrogens is 2. The number of rotatable bonds is 0. The molecule has 0 aromatic carbocycles. The Bertz CT molecular complexity index is 301. The Morgan fingerprint density at radius 1 is 0.688 bits per heavy atom. The van der Waals surface area contributed by atoms with E-state index in [9.17, 15) is 0 Å². The van der Waals surface area contributed by atoms with Crippen LogP contribution in [0.1, 0.15) is 0 Å². The second-order valence-electron chi connectivity index (χ2n) is 6.75. The molecule has 4 nitrogen and oxygen atoms in total. The maximum absolute atomic E-state index is 2.78. The van der Waals surface area contributed by atoms with Gasteiger partial charge in [-0.15, -0.1) is 0 Å². The Balaban J connectivity index is 1.80. The first kappa shape index (κ1) is 9.83. The zero-order valence-electron chi connectivity index (χ0n) is 10.6. The van der Waals surface area contributed by atoms with Crippen molar-refractivity contribution in [2.45, 2.75) is 12.3 Å². The highest BCUT2D eigenvalue weighted by Gasteiger charge is 2.64. The van der Waals surface area contributed by atoms with E-state index < -0.39 is 0 Å². The zero-order valence-corrected chi connectivity index (χ0v) is 10.6. The average Bonchev–Trinajstić information content (AvgIpc) is 2.76. The van der Waals surface area contributed by atoms with E-state index >= 15 is 0 Å². The standard InChI is InChI=1S/C12H24N4/c1-15-7-3-13-6-10-16(2)8-4-14(5-9-15)12(16)11(13)15/h11-12H,3-10H2,1-2H3/q+2. The van der Waals surface area contributed by atoms with E-state index in [1.54, 1.807) is 0 Å². The van der Waals surface area contributed by atoms with Gasteiger partial charge in [-0.1, -0.05) is 0 Å². The van der Waals surface area contributed by atoms with Crippen molar-refractivity contribution in [2.75, 3.05) is 66.5 Å². The smallest absolute Gasteiger partial charge is 0.214 e. The van der Waals surface area contributed by atoms with Gasteiger partial charge >= 0.3 is 0 Å². The normalized spacial score (nSPS) is 56.6. The molecule has 90 valence electrons. The minimum Gasteiger partial charge on any atom is -0.303 e. The Hall–Kier alpha value is -0.160. The molecule has 4 heterocycles. The van der Waals surface area contributed by atoms with Crippen molar-refractivity contribution in [3.05, 3.63) is 0 Å². The molecule has 2 unspecified atom stereocenters. The monoisotopic (exact) mass is 224 g/mol. The molecule has 4 aliphatic rings. The third-order valence-corrected chi connectivity index (χ3v) is 5.88. The molecular weight excluding hydrogens is 200 g/mol. The largest absolute Gasteiger partial charge is 0.303 e. The summed E-state index contributed by atoms with van der Waals surface area (Å²) in [6.45, 7) is 10.9. The van der Waals surface area contributed by atoms with Gasteiger partial charge in [0.05, 0.1) is 66.5 Å². The summed E-state index contributed by atoms with van der Waals surface area (Å²) in [5.74, 6) is 0. The van der Waals surface area contributed by atoms with E-state index in [0.717, 1.165) is 12.3 Å². The lowest BCUT2D eigenvalue weighted by Crippen LogP contribution is -2.76. The molecule has 4 heteroatoms. The van der Waals surface area contributed by atoms with Crippen molar-refractivity contribution in [3.63, 3.8) is 0 Å². The second kappa shape index (κ2) is 2.80. The maximum Gasteiger partial charge on any atom is 0.214 e. The summed E-state index contributed by atoms with van der Waals surface area (Å²) in [6.07, 6.45) is 1.60. The van der Waals surface area contributed by atoms with Crippen molar-refractivity contribution < 1.29 is 8.97 Å².